The van der Waals surface area contributed by atoms with Gasteiger partial charge in [0, 0.05) is 30.0 Å². The van der Waals surface area contributed by atoms with Crippen molar-refractivity contribution in [3.63, 3.8) is 0 Å². The highest BCUT2D eigenvalue weighted by Crippen LogP contribution is 2.24. The van der Waals surface area contributed by atoms with Gasteiger partial charge in [-0.05, 0) is 27.0 Å². The van der Waals surface area contributed by atoms with Gasteiger partial charge in [0.25, 0.3) is 0 Å². The fourth-order valence-corrected chi connectivity index (χ4v) is 4.02. The Morgan fingerprint density at radius 1 is 1.45 bits per heavy atom. The summed E-state index contributed by atoms with van der Waals surface area (Å²) in [6, 6.07) is 1.62. The third-order valence-electron chi connectivity index (χ3n) is 2.75. The number of aromatic amines is 1. The minimum absolute atomic E-state index is 0.229. The number of thiazole rings is 1. The lowest BCUT2D eigenvalue weighted by Crippen LogP contribution is -2.40. The van der Waals surface area contributed by atoms with E-state index in [1.807, 2.05) is 5.38 Å². The van der Waals surface area contributed by atoms with E-state index in [1.165, 1.54) is 17.5 Å². The van der Waals surface area contributed by atoms with E-state index in [0.29, 0.717) is 6.54 Å². The maximum Gasteiger partial charge on any atom is 0.242 e. The van der Waals surface area contributed by atoms with Crippen LogP contribution in [0.1, 0.15) is 24.5 Å². The van der Waals surface area contributed by atoms with Gasteiger partial charge in [-0.25, -0.2) is 13.4 Å². The van der Waals surface area contributed by atoms with Gasteiger partial charge in [-0.3, -0.25) is 0 Å². The van der Waals surface area contributed by atoms with Crippen molar-refractivity contribution in [1.82, 2.24) is 20.0 Å². The van der Waals surface area contributed by atoms with E-state index in [2.05, 4.69) is 20.0 Å². The molecule has 110 valence electrons. The monoisotopic (exact) mass is 314 g/mol. The van der Waals surface area contributed by atoms with Crippen molar-refractivity contribution in [2.24, 2.45) is 0 Å². The Kier molecular flexibility index (Phi) is 4.28. The molecule has 2 aromatic rings. The van der Waals surface area contributed by atoms with Gasteiger partial charge in [0.05, 0.1) is 10.4 Å². The van der Waals surface area contributed by atoms with E-state index in [9.17, 15) is 8.42 Å². The largest absolute Gasteiger partial charge is 0.363 e. The minimum atomic E-state index is -3.58. The van der Waals surface area contributed by atoms with Crippen LogP contribution in [0.25, 0.3) is 0 Å². The van der Waals surface area contributed by atoms with Gasteiger partial charge < -0.3 is 10.3 Å². The van der Waals surface area contributed by atoms with Crippen LogP contribution >= 0.6 is 11.3 Å². The fourth-order valence-electron chi connectivity index (χ4n) is 1.84. The third-order valence-corrected chi connectivity index (χ3v) is 5.48. The molecule has 0 aliphatic rings. The molecule has 0 aliphatic heterocycles. The summed E-state index contributed by atoms with van der Waals surface area (Å²) in [7, 11) is -1.78. The molecule has 0 saturated carbocycles. The second-order valence-electron chi connectivity index (χ2n) is 4.96. The minimum Gasteiger partial charge on any atom is -0.363 e. The van der Waals surface area contributed by atoms with Crippen molar-refractivity contribution in [2.75, 3.05) is 7.05 Å². The maximum atomic E-state index is 12.4. The van der Waals surface area contributed by atoms with E-state index < -0.39 is 15.6 Å². The average molecular weight is 314 g/mol. The average Bonchev–Trinajstić information content (AvgIpc) is 2.99. The normalized spacial score (nSPS) is 12.8. The molecule has 2 aromatic heterocycles. The van der Waals surface area contributed by atoms with Crippen molar-refractivity contribution in [1.29, 1.82) is 0 Å². The molecule has 0 aliphatic carbocycles. The van der Waals surface area contributed by atoms with Gasteiger partial charge in [-0.15, -0.1) is 11.3 Å². The van der Waals surface area contributed by atoms with Crippen LogP contribution in [0.15, 0.2) is 28.7 Å². The molecule has 2 heterocycles. The molecule has 8 heteroatoms. The quantitative estimate of drug-likeness (QED) is 0.752. The Labute approximate surface area is 122 Å². The molecule has 0 bridgehead atoms. The predicted octanol–water partition coefficient (Wildman–Crippen LogP) is 1.40. The lowest BCUT2D eigenvalue weighted by Gasteiger charge is -2.23. The smallest absolute Gasteiger partial charge is 0.242 e. The van der Waals surface area contributed by atoms with Crippen LogP contribution in [-0.2, 0) is 22.1 Å². The zero-order valence-corrected chi connectivity index (χ0v) is 13.2. The molecule has 0 fully saturated rings. The summed E-state index contributed by atoms with van der Waals surface area (Å²) in [5.41, 5.74) is 0.0768. The lowest BCUT2D eigenvalue weighted by atomic mass is 10.1. The first-order valence-electron chi connectivity index (χ1n) is 6.11. The van der Waals surface area contributed by atoms with Crippen LogP contribution in [0, 0.1) is 0 Å². The molecule has 0 spiro atoms. The Balaban J connectivity index is 2.22. The summed E-state index contributed by atoms with van der Waals surface area (Å²) in [6.07, 6.45) is 3.16. The SMILES string of the molecule is CNCc1cc(S(=O)(=O)NC(C)(C)c2nccs2)c[nH]1. The van der Waals surface area contributed by atoms with Crippen molar-refractivity contribution < 1.29 is 8.42 Å². The molecular weight excluding hydrogens is 296 g/mol. The number of sulfonamides is 1. The summed E-state index contributed by atoms with van der Waals surface area (Å²) in [5.74, 6) is 0. The van der Waals surface area contributed by atoms with Crippen molar-refractivity contribution >= 4 is 21.4 Å². The number of aromatic nitrogens is 2. The molecule has 0 radical (unpaired) electrons. The number of nitrogens with one attached hydrogen (secondary N) is 3. The Morgan fingerprint density at radius 3 is 2.80 bits per heavy atom. The van der Waals surface area contributed by atoms with E-state index in [4.69, 9.17) is 0 Å². The molecule has 6 nitrogen and oxygen atoms in total. The molecule has 0 amide bonds. The van der Waals surface area contributed by atoms with Gasteiger partial charge in [0.1, 0.15) is 5.01 Å². The molecule has 0 unspecified atom stereocenters. The Hall–Kier alpha value is -1.22. The summed E-state index contributed by atoms with van der Waals surface area (Å²) in [4.78, 5) is 7.34. The molecule has 0 atom stereocenters. The molecular formula is C12H18N4O2S2. The molecule has 2 rings (SSSR count). The van der Waals surface area contributed by atoms with Crippen LogP contribution < -0.4 is 10.0 Å². The molecule has 0 saturated heterocycles. The number of nitrogens with zero attached hydrogens (tertiary/aromatic N) is 1. The Bertz CT molecular complexity index is 659. The van der Waals surface area contributed by atoms with Gasteiger partial charge in [0.15, 0.2) is 0 Å². The molecule has 20 heavy (non-hydrogen) atoms. The summed E-state index contributed by atoms with van der Waals surface area (Å²) >= 11 is 1.42. The highest BCUT2D eigenvalue weighted by atomic mass is 32.2. The predicted molar refractivity (Wildman–Crippen MR) is 79.0 cm³/mol. The highest BCUT2D eigenvalue weighted by molar-refractivity contribution is 7.89. The Morgan fingerprint density at radius 2 is 2.20 bits per heavy atom. The van der Waals surface area contributed by atoms with Crippen LogP contribution in [0.2, 0.25) is 0 Å². The van der Waals surface area contributed by atoms with E-state index in [-0.39, 0.29) is 4.90 Å². The number of hydrogen-bond acceptors (Lipinski definition) is 5. The summed E-state index contributed by atoms with van der Waals surface area (Å²) in [6.45, 7) is 4.18. The lowest BCUT2D eigenvalue weighted by molar-refractivity contribution is 0.470. The number of H-pyrrole nitrogens is 1. The summed E-state index contributed by atoms with van der Waals surface area (Å²) < 4.78 is 27.5. The van der Waals surface area contributed by atoms with E-state index in [0.717, 1.165) is 10.7 Å². The first-order valence-corrected chi connectivity index (χ1v) is 8.47. The van der Waals surface area contributed by atoms with Gasteiger partial charge >= 0.3 is 0 Å². The van der Waals surface area contributed by atoms with E-state index >= 15 is 0 Å². The van der Waals surface area contributed by atoms with Gasteiger partial charge in [0.2, 0.25) is 10.0 Å². The standard InChI is InChI=1S/C12H18N4O2S2/c1-12(2,11-14-4-5-19-11)16-20(17,18)10-6-9(7-13-3)15-8-10/h4-6,8,13,15-16H,7H2,1-3H3. The first kappa shape index (κ1) is 15.2. The van der Waals surface area contributed by atoms with Crippen molar-refractivity contribution in [2.45, 2.75) is 30.8 Å². The molecule has 0 aromatic carbocycles. The zero-order valence-electron chi connectivity index (χ0n) is 11.6. The fraction of sp³-hybridized carbons (Fsp3) is 0.417. The second kappa shape index (κ2) is 5.65. The van der Waals surface area contributed by atoms with Crippen LogP contribution in [0.5, 0.6) is 0 Å². The number of rotatable bonds is 6. The van der Waals surface area contributed by atoms with Gasteiger partial charge in [-0.2, -0.15) is 4.72 Å². The molecule has 3 N–H and O–H groups in total. The van der Waals surface area contributed by atoms with Crippen molar-refractivity contribution in [3.8, 4) is 0 Å². The van der Waals surface area contributed by atoms with Crippen molar-refractivity contribution in [3.05, 3.63) is 34.5 Å². The number of hydrogen-bond donors (Lipinski definition) is 3. The van der Waals surface area contributed by atoms with Crippen LogP contribution in [0.4, 0.5) is 0 Å². The first-order chi connectivity index (χ1) is 9.35. The zero-order chi connectivity index (χ0) is 14.8. The third kappa shape index (κ3) is 3.26. The second-order valence-corrected chi connectivity index (χ2v) is 7.54. The highest BCUT2D eigenvalue weighted by Gasteiger charge is 2.30. The van der Waals surface area contributed by atoms with Gasteiger partial charge in [-0.1, -0.05) is 0 Å². The summed E-state index contributed by atoms with van der Waals surface area (Å²) in [5, 5.41) is 5.52. The van der Waals surface area contributed by atoms with E-state index in [1.54, 1.807) is 33.2 Å². The van der Waals surface area contributed by atoms with Crippen LogP contribution in [-0.4, -0.2) is 25.4 Å². The maximum absolute atomic E-state index is 12.4. The van der Waals surface area contributed by atoms with Crippen LogP contribution in [0.3, 0.4) is 0 Å². The topological polar surface area (TPSA) is 86.9 Å².